The highest BCUT2D eigenvalue weighted by atomic mass is 28.3. The Kier molecular flexibility index (Phi) is 7.27. The fourth-order valence-corrected chi connectivity index (χ4v) is 12.4. The van der Waals surface area contributed by atoms with Gasteiger partial charge in [-0.3, -0.25) is 0 Å². The number of nitrogens with zero attached hydrogens (tertiary/aromatic N) is 3. The zero-order valence-corrected chi connectivity index (χ0v) is 27.1. The summed E-state index contributed by atoms with van der Waals surface area (Å²) in [5.74, 6) is 0. The van der Waals surface area contributed by atoms with Crippen LogP contribution in [-0.2, 0) is 0 Å². The summed E-state index contributed by atoms with van der Waals surface area (Å²) >= 11 is 0. The van der Waals surface area contributed by atoms with Gasteiger partial charge in [-0.1, -0.05) is 140 Å². The van der Waals surface area contributed by atoms with E-state index in [-0.39, 0.29) is 0 Å². The number of benzene rings is 7. The van der Waals surface area contributed by atoms with E-state index in [1.165, 1.54) is 26.3 Å². The van der Waals surface area contributed by atoms with Crippen LogP contribution in [0, 0.1) is 17.9 Å². The first-order valence-corrected chi connectivity index (χ1v) is 18.0. The Morgan fingerprint density at radius 2 is 1.02 bits per heavy atom. The minimum Gasteiger partial charge on any atom is -0.309 e. The van der Waals surface area contributed by atoms with Crippen molar-refractivity contribution in [2.45, 2.75) is 0 Å². The van der Waals surface area contributed by atoms with Gasteiger partial charge in [0, 0.05) is 10.9 Å². The molecule has 0 atom stereocenters. The van der Waals surface area contributed by atoms with Gasteiger partial charge in [0.25, 0.3) is 0 Å². The van der Waals surface area contributed by atoms with E-state index in [4.69, 9.17) is 6.57 Å². The van der Waals surface area contributed by atoms with Gasteiger partial charge in [0.1, 0.15) is 0 Å². The third-order valence-corrected chi connectivity index (χ3v) is 14.2. The zero-order chi connectivity index (χ0) is 32.5. The highest BCUT2D eigenvalue weighted by molar-refractivity contribution is 7.20. The van der Waals surface area contributed by atoms with Crippen LogP contribution in [0.1, 0.15) is 5.56 Å². The molecule has 0 saturated heterocycles. The molecule has 0 spiro atoms. The molecule has 0 bridgehead atoms. The molecule has 0 aliphatic heterocycles. The monoisotopic (exact) mass is 627 g/mol. The fourth-order valence-electron chi connectivity index (χ4n) is 7.38. The zero-order valence-electron chi connectivity index (χ0n) is 26.1. The molecule has 224 valence electrons. The summed E-state index contributed by atoms with van der Waals surface area (Å²) in [5, 5.41) is 17.0. The van der Waals surface area contributed by atoms with Crippen molar-refractivity contribution in [3.05, 3.63) is 193 Å². The molecule has 1 heterocycles. The summed E-state index contributed by atoms with van der Waals surface area (Å²) < 4.78 is 2.29. The summed E-state index contributed by atoms with van der Waals surface area (Å²) in [5.41, 5.74) is 6.50. The molecule has 0 unspecified atom stereocenters. The average molecular weight is 628 g/mol. The second-order valence-electron chi connectivity index (χ2n) is 11.9. The molecule has 7 aromatic carbocycles. The number of nitriles is 1. The van der Waals surface area contributed by atoms with E-state index in [0.717, 1.165) is 33.1 Å². The molecule has 0 radical (unpaired) electrons. The SMILES string of the molecule is [C-]#[N+]c1ccc2c(c1)c1cc(C#N)ccc1n2-c1ccccc1-c1ccccc1[Si](c1ccccc1)(c1ccccc1)c1ccccc1. The minimum absolute atomic E-state index is 0.576. The van der Waals surface area contributed by atoms with Crippen LogP contribution in [0.25, 0.3) is 43.5 Å². The van der Waals surface area contributed by atoms with Crippen molar-refractivity contribution in [2.24, 2.45) is 0 Å². The third-order valence-electron chi connectivity index (χ3n) is 9.39. The second kappa shape index (κ2) is 12.0. The maximum absolute atomic E-state index is 9.77. The summed E-state index contributed by atoms with van der Waals surface area (Å²) in [7, 11) is -2.85. The van der Waals surface area contributed by atoms with Crippen LogP contribution in [0.15, 0.2) is 176 Å². The maximum Gasteiger partial charge on any atom is 0.188 e. The summed E-state index contributed by atoms with van der Waals surface area (Å²) in [6.07, 6.45) is 0. The Morgan fingerprint density at radius 3 is 1.60 bits per heavy atom. The predicted octanol–water partition coefficient (Wildman–Crippen LogP) is 8.25. The van der Waals surface area contributed by atoms with Gasteiger partial charge in [-0.15, -0.1) is 0 Å². The lowest BCUT2D eigenvalue weighted by Crippen LogP contribution is -2.75. The summed E-state index contributed by atoms with van der Waals surface area (Å²) in [6, 6.07) is 64.5. The molecule has 0 aliphatic carbocycles. The normalized spacial score (nSPS) is 11.3. The summed E-state index contributed by atoms with van der Waals surface area (Å²) in [6.45, 7) is 7.69. The third kappa shape index (κ3) is 4.55. The lowest BCUT2D eigenvalue weighted by Gasteiger charge is -2.36. The maximum atomic E-state index is 9.77. The number of rotatable bonds is 6. The Balaban J connectivity index is 1.48. The van der Waals surface area contributed by atoms with Gasteiger partial charge < -0.3 is 4.57 Å². The van der Waals surface area contributed by atoms with Crippen molar-refractivity contribution in [1.29, 1.82) is 5.26 Å². The Morgan fingerprint density at radius 1 is 0.521 bits per heavy atom. The van der Waals surface area contributed by atoms with E-state index in [2.05, 4.69) is 155 Å². The highest BCUT2D eigenvalue weighted by Gasteiger charge is 2.43. The molecule has 0 fully saturated rings. The largest absolute Gasteiger partial charge is 0.309 e. The van der Waals surface area contributed by atoms with Gasteiger partial charge in [0.15, 0.2) is 13.8 Å². The smallest absolute Gasteiger partial charge is 0.188 e. The van der Waals surface area contributed by atoms with Crippen molar-refractivity contribution in [1.82, 2.24) is 4.57 Å². The highest BCUT2D eigenvalue weighted by Crippen LogP contribution is 2.38. The molecule has 1 aromatic heterocycles. The van der Waals surface area contributed by atoms with Crippen molar-refractivity contribution in [3.8, 4) is 22.9 Å². The number of para-hydroxylation sites is 1. The Labute approximate surface area is 281 Å². The second-order valence-corrected chi connectivity index (χ2v) is 15.7. The first-order chi connectivity index (χ1) is 23.7. The molecule has 4 heteroatoms. The van der Waals surface area contributed by atoms with Crippen molar-refractivity contribution >= 4 is 56.3 Å². The van der Waals surface area contributed by atoms with Gasteiger partial charge >= 0.3 is 0 Å². The van der Waals surface area contributed by atoms with Gasteiger partial charge in [-0.25, -0.2) is 4.85 Å². The Bertz CT molecular complexity index is 2350. The standard InChI is InChI=1S/C44H29N3Si/c1-46-33-26-28-43-40(30-33)39-29-32(31-45)25-27-42(39)47(43)41-23-13-11-21-37(41)38-22-12-14-24-44(38)48(34-15-5-2-6-16-34,35-17-7-3-8-18-35)36-19-9-4-10-20-36/h2-30H. The van der Waals surface area contributed by atoms with E-state index in [1.54, 1.807) is 0 Å². The van der Waals surface area contributed by atoms with Crippen LogP contribution in [-0.4, -0.2) is 12.6 Å². The Hall–Kier alpha value is -6.46. The predicted molar refractivity (Wildman–Crippen MR) is 201 cm³/mol. The molecular formula is C44H29N3Si. The molecule has 0 saturated carbocycles. The van der Waals surface area contributed by atoms with E-state index >= 15 is 0 Å². The lowest BCUT2D eigenvalue weighted by molar-refractivity contribution is 1.18. The lowest BCUT2D eigenvalue weighted by atomic mass is 10.0. The topological polar surface area (TPSA) is 33.1 Å². The van der Waals surface area contributed by atoms with Gasteiger partial charge in [-0.05, 0) is 68.1 Å². The van der Waals surface area contributed by atoms with Crippen LogP contribution >= 0.6 is 0 Å². The quantitative estimate of drug-likeness (QED) is 0.104. The number of hydrogen-bond acceptors (Lipinski definition) is 1. The number of aromatic nitrogens is 1. The van der Waals surface area contributed by atoms with Crippen LogP contribution in [0.4, 0.5) is 5.69 Å². The first kappa shape index (κ1) is 29.0. The van der Waals surface area contributed by atoms with Crippen LogP contribution < -0.4 is 20.7 Å². The summed E-state index contributed by atoms with van der Waals surface area (Å²) in [4.78, 5) is 3.72. The molecule has 0 aliphatic rings. The molecule has 0 N–H and O–H groups in total. The fraction of sp³-hybridized carbons (Fsp3) is 0. The molecule has 48 heavy (non-hydrogen) atoms. The van der Waals surface area contributed by atoms with E-state index in [1.807, 2.05) is 36.4 Å². The number of fused-ring (bicyclic) bond motifs is 3. The van der Waals surface area contributed by atoms with Crippen LogP contribution in [0.2, 0.25) is 0 Å². The van der Waals surface area contributed by atoms with E-state index < -0.39 is 8.07 Å². The van der Waals surface area contributed by atoms with Crippen LogP contribution in [0.5, 0.6) is 0 Å². The minimum atomic E-state index is -2.85. The molecule has 3 nitrogen and oxygen atoms in total. The van der Waals surface area contributed by atoms with Crippen molar-refractivity contribution in [3.63, 3.8) is 0 Å². The van der Waals surface area contributed by atoms with Crippen molar-refractivity contribution < 1.29 is 0 Å². The van der Waals surface area contributed by atoms with Gasteiger partial charge in [0.05, 0.1) is 34.9 Å². The van der Waals surface area contributed by atoms with Crippen molar-refractivity contribution in [2.75, 3.05) is 0 Å². The molecule has 8 aromatic rings. The number of hydrogen-bond donors (Lipinski definition) is 0. The molecule has 0 amide bonds. The first-order valence-electron chi connectivity index (χ1n) is 16.0. The molecule has 8 rings (SSSR count). The van der Waals surface area contributed by atoms with E-state index in [0.29, 0.717) is 11.3 Å². The van der Waals surface area contributed by atoms with E-state index in [9.17, 15) is 5.26 Å². The van der Waals surface area contributed by atoms with Gasteiger partial charge in [-0.2, -0.15) is 5.26 Å². The van der Waals surface area contributed by atoms with Gasteiger partial charge in [0.2, 0.25) is 0 Å². The molecular weight excluding hydrogens is 599 g/mol. The average Bonchev–Trinajstić information content (AvgIpc) is 3.49. The van der Waals surface area contributed by atoms with Crippen LogP contribution in [0.3, 0.4) is 0 Å².